The number of hydrogen-bond donors (Lipinski definition) is 0. The molecule has 7 rings (SSSR count). The van der Waals surface area contributed by atoms with Crippen molar-refractivity contribution in [2.45, 2.75) is 44.1 Å². The Hall–Kier alpha value is -2.17. The molecule has 1 aromatic carbocycles. The largest absolute Gasteiger partial charge is 0.334 e. The molecule has 2 aromatic rings. The van der Waals surface area contributed by atoms with Crippen LogP contribution in [-0.2, 0) is 0 Å². The topological polar surface area (TPSA) is 36.4 Å². The number of anilines is 1. The summed E-state index contributed by atoms with van der Waals surface area (Å²) in [4.78, 5) is 22.4. The van der Waals surface area contributed by atoms with Crippen molar-refractivity contribution in [3.05, 3.63) is 71.2 Å². The van der Waals surface area contributed by atoms with Gasteiger partial charge in [-0.15, -0.1) is 0 Å². The molecule has 0 atom stereocenters. The summed E-state index contributed by atoms with van der Waals surface area (Å²) in [5, 5.41) is 0.732. The lowest BCUT2D eigenvalue weighted by Gasteiger charge is -2.61. The molecule has 0 radical (unpaired) electrons. The van der Waals surface area contributed by atoms with E-state index in [0.717, 1.165) is 47.3 Å². The normalized spacial score (nSPS) is 32.2. The lowest BCUT2D eigenvalue weighted by atomic mass is 9.52. The van der Waals surface area contributed by atoms with Crippen molar-refractivity contribution >= 4 is 23.1 Å². The van der Waals surface area contributed by atoms with E-state index in [9.17, 15) is 4.79 Å². The van der Waals surface area contributed by atoms with Crippen LogP contribution in [0.5, 0.6) is 0 Å². The van der Waals surface area contributed by atoms with Crippen LogP contribution in [0, 0.1) is 17.8 Å². The number of Topliss-reactive ketones (excluding diaryl/α,β-unsaturated/α-hetero) is 1. The van der Waals surface area contributed by atoms with Gasteiger partial charge in [0.1, 0.15) is 0 Å². The molecule has 4 saturated carbocycles. The number of nitrogens with zero attached hydrogens (tertiary/aromatic N) is 3. The molecule has 0 amide bonds. The highest BCUT2D eigenvalue weighted by atomic mass is 35.5. The predicted octanol–water partition coefficient (Wildman–Crippen LogP) is 5.55. The molecule has 160 valence electrons. The van der Waals surface area contributed by atoms with Gasteiger partial charge in [0.2, 0.25) is 0 Å². The van der Waals surface area contributed by atoms with Crippen LogP contribution in [0.1, 0.15) is 48.9 Å². The highest BCUT2D eigenvalue weighted by Gasteiger charge is 2.54. The molecule has 5 aliphatic rings. The summed E-state index contributed by atoms with van der Waals surface area (Å²) in [6.07, 6.45) is 13.6. The number of pyridine rings is 1. The number of aromatic nitrogens is 1. The summed E-state index contributed by atoms with van der Waals surface area (Å²) in [5.41, 5.74) is 2.91. The Morgan fingerprint density at radius 3 is 2.16 bits per heavy atom. The first kappa shape index (κ1) is 19.5. The average molecular weight is 434 g/mol. The van der Waals surface area contributed by atoms with Gasteiger partial charge in [-0.1, -0.05) is 11.6 Å². The molecule has 1 aromatic heterocycles. The fourth-order valence-electron chi connectivity index (χ4n) is 7.09. The minimum atomic E-state index is 0.107. The molecule has 0 unspecified atom stereocenters. The molecule has 4 bridgehead atoms. The van der Waals surface area contributed by atoms with Crippen molar-refractivity contribution in [1.82, 2.24) is 9.88 Å². The molecule has 0 spiro atoms. The first-order chi connectivity index (χ1) is 15.1. The van der Waals surface area contributed by atoms with E-state index in [1.54, 1.807) is 12.4 Å². The third-order valence-electron chi connectivity index (χ3n) is 8.07. The third kappa shape index (κ3) is 3.50. The summed E-state index contributed by atoms with van der Waals surface area (Å²) >= 11 is 6.14. The Morgan fingerprint density at radius 2 is 1.55 bits per heavy atom. The van der Waals surface area contributed by atoms with Gasteiger partial charge in [0, 0.05) is 52.5 Å². The maximum atomic E-state index is 13.4. The molecule has 4 nitrogen and oxygen atoms in total. The van der Waals surface area contributed by atoms with Crippen LogP contribution in [0.25, 0.3) is 0 Å². The number of benzene rings is 1. The second kappa shape index (κ2) is 7.46. The number of halogens is 1. The van der Waals surface area contributed by atoms with Gasteiger partial charge in [-0.25, -0.2) is 0 Å². The smallest absolute Gasteiger partial charge is 0.191 e. The quantitative estimate of drug-likeness (QED) is 0.592. The van der Waals surface area contributed by atoms with Crippen LogP contribution in [0.3, 0.4) is 0 Å². The second-order valence-electron chi connectivity index (χ2n) is 10.1. The van der Waals surface area contributed by atoms with E-state index in [4.69, 9.17) is 11.6 Å². The Kier molecular flexibility index (Phi) is 4.69. The Morgan fingerprint density at radius 1 is 0.935 bits per heavy atom. The number of carbonyl (C=O) groups excluding carboxylic acids is 1. The summed E-state index contributed by atoms with van der Waals surface area (Å²) in [6.45, 7) is 1.57. The number of ketones is 1. The number of carbonyl (C=O) groups is 1. The molecule has 31 heavy (non-hydrogen) atoms. The predicted molar refractivity (Wildman–Crippen MR) is 123 cm³/mol. The molecule has 4 fully saturated rings. The van der Waals surface area contributed by atoms with Crippen molar-refractivity contribution in [2.24, 2.45) is 17.8 Å². The van der Waals surface area contributed by atoms with Crippen LogP contribution in [0.2, 0.25) is 5.02 Å². The summed E-state index contributed by atoms with van der Waals surface area (Å²) < 4.78 is 0. The van der Waals surface area contributed by atoms with Crippen molar-refractivity contribution < 1.29 is 4.79 Å². The fraction of sp³-hybridized carbons (Fsp3) is 0.462. The zero-order chi connectivity index (χ0) is 21.0. The summed E-state index contributed by atoms with van der Waals surface area (Å²) in [7, 11) is 0. The van der Waals surface area contributed by atoms with E-state index in [2.05, 4.69) is 33.1 Å². The van der Waals surface area contributed by atoms with E-state index in [1.807, 2.05) is 24.3 Å². The van der Waals surface area contributed by atoms with Gasteiger partial charge in [-0.3, -0.25) is 14.7 Å². The van der Waals surface area contributed by atoms with Crippen molar-refractivity contribution in [1.29, 1.82) is 0 Å². The maximum Gasteiger partial charge on any atom is 0.191 e. The Bertz CT molecular complexity index is 981. The van der Waals surface area contributed by atoms with Crippen LogP contribution < -0.4 is 4.90 Å². The molecule has 0 saturated heterocycles. The van der Waals surface area contributed by atoms with Crippen molar-refractivity contribution in [3.8, 4) is 0 Å². The van der Waals surface area contributed by atoms with Crippen molar-refractivity contribution in [2.75, 3.05) is 18.1 Å². The number of hydrogen-bond acceptors (Lipinski definition) is 4. The van der Waals surface area contributed by atoms with Crippen molar-refractivity contribution in [3.63, 3.8) is 0 Å². The fourth-order valence-corrected chi connectivity index (χ4v) is 7.21. The minimum Gasteiger partial charge on any atom is -0.334 e. The second-order valence-corrected chi connectivity index (χ2v) is 10.6. The molecular weight excluding hydrogens is 406 g/mol. The average Bonchev–Trinajstić information content (AvgIpc) is 2.78. The van der Waals surface area contributed by atoms with E-state index in [1.165, 1.54) is 38.5 Å². The molecule has 1 aliphatic heterocycles. The number of rotatable bonds is 4. The molecular formula is C26H28ClN3O. The standard InChI is InChI=1S/C26H28ClN3O/c27-23-1-3-24(4-2-23)29-15-22(25(31)21-5-7-28-8-6-21)16-30(17-29)26-12-18-9-19(13-26)11-20(10-18)14-26/h1-8,15,18-20H,9-14,16-17H2. The van der Waals surface area contributed by atoms with E-state index in [-0.39, 0.29) is 11.3 Å². The van der Waals surface area contributed by atoms with Gasteiger partial charge in [-0.2, -0.15) is 0 Å². The Labute approximate surface area is 188 Å². The molecule has 2 heterocycles. The summed E-state index contributed by atoms with van der Waals surface area (Å²) in [6, 6.07) is 11.6. The minimum absolute atomic E-state index is 0.107. The van der Waals surface area contributed by atoms with E-state index < -0.39 is 0 Å². The third-order valence-corrected chi connectivity index (χ3v) is 8.32. The highest BCUT2D eigenvalue weighted by molar-refractivity contribution is 6.30. The van der Waals surface area contributed by atoms with E-state index >= 15 is 0 Å². The monoisotopic (exact) mass is 433 g/mol. The lowest BCUT2D eigenvalue weighted by Crippen LogP contribution is -2.63. The van der Waals surface area contributed by atoms with Crippen LogP contribution >= 0.6 is 11.6 Å². The summed E-state index contributed by atoms with van der Waals surface area (Å²) in [5.74, 6) is 2.73. The first-order valence-electron chi connectivity index (χ1n) is 11.5. The van der Waals surface area contributed by atoms with Crippen LogP contribution in [-0.4, -0.2) is 34.4 Å². The van der Waals surface area contributed by atoms with Gasteiger partial charge in [-0.05, 0) is 92.7 Å². The first-order valence-corrected chi connectivity index (χ1v) is 11.9. The van der Waals surface area contributed by atoms with Gasteiger partial charge in [0.25, 0.3) is 0 Å². The van der Waals surface area contributed by atoms with Crippen LogP contribution in [0.15, 0.2) is 60.6 Å². The highest BCUT2D eigenvalue weighted by Crippen LogP contribution is 2.58. The SMILES string of the molecule is O=C(C1=CN(c2ccc(Cl)cc2)CN(C23CC4CC(CC(C4)C2)C3)C1)c1ccncc1. The van der Waals surface area contributed by atoms with Crippen LogP contribution in [0.4, 0.5) is 5.69 Å². The van der Waals surface area contributed by atoms with Gasteiger partial charge >= 0.3 is 0 Å². The van der Waals surface area contributed by atoms with E-state index in [0.29, 0.717) is 5.56 Å². The zero-order valence-corrected chi connectivity index (χ0v) is 18.5. The molecule has 0 N–H and O–H groups in total. The lowest BCUT2D eigenvalue weighted by molar-refractivity contribution is -0.0859. The zero-order valence-electron chi connectivity index (χ0n) is 17.7. The van der Waals surface area contributed by atoms with Gasteiger partial charge in [0.05, 0.1) is 6.67 Å². The molecule has 5 heteroatoms. The maximum absolute atomic E-state index is 13.4. The van der Waals surface area contributed by atoms with Gasteiger partial charge in [0.15, 0.2) is 5.78 Å². The molecule has 4 aliphatic carbocycles. The van der Waals surface area contributed by atoms with Gasteiger partial charge < -0.3 is 4.90 Å². The Balaban J connectivity index is 1.36.